The summed E-state index contributed by atoms with van der Waals surface area (Å²) >= 11 is 0. The molecule has 0 aliphatic rings. The molecule has 0 aromatic heterocycles. The van der Waals surface area contributed by atoms with Gasteiger partial charge in [-0.3, -0.25) is 0 Å². The lowest BCUT2D eigenvalue weighted by Gasteiger charge is -2.14. The van der Waals surface area contributed by atoms with Gasteiger partial charge in [0.2, 0.25) is 0 Å². The number of likely N-dealkylation sites (N-methyl/N-ethyl adjacent to an activating group) is 1. The van der Waals surface area contributed by atoms with Gasteiger partial charge in [-0.1, -0.05) is 43.8 Å². The number of rotatable bonds is 7. The van der Waals surface area contributed by atoms with Crippen molar-refractivity contribution in [2.45, 2.75) is 6.92 Å². The van der Waals surface area contributed by atoms with Gasteiger partial charge in [-0.15, -0.1) is 0 Å². The van der Waals surface area contributed by atoms with E-state index < -0.39 is 0 Å². The molecule has 0 unspecified atom stereocenters. The highest BCUT2D eigenvalue weighted by Gasteiger charge is 2.08. The van der Waals surface area contributed by atoms with Gasteiger partial charge < -0.3 is 22.1 Å². The van der Waals surface area contributed by atoms with Gasteiger partial charge in [0.1, 0.15) is 0 Å². The van der Waals surface area contributed by atoms with Crippen molar-refractivity contribution in [3.05, 3.63) is 78.1 Å². The molecule has 0 aliphatic heterocycles. The van der Waals surface area contributed by atoms with Crippen LogP contribution in [0.2, 0.25) is 0 Å². The van der Waals surface area contributed by atoms with E-state index in [9.17, 15) is 0 Å². The number of hydrogen-bond donors (Lipinski definition) is 4. The van der Waals surface area contributed by atoms with Gasteiger partial charge in [0, 0.05) is 23.5 Å². The lowest BCUT2D eigenvalue weighted by molar-refractivity contribution is 0.780. The van der Waals surface area contributed by atoms with Gasteiger partial charge in [0.15, 0.2) is 0 Å². The first-order valence-corrected chi connectivity index (χ1v) is 7.68. The van der Waals surface area contributed by atoms with Crippen LogP contribution in [0.15, 0.2) is 72.6 Å². The number of hydrogen-bond acceptors (Lipinski definition) is 4. The fraction of sp³-hybridized carbons (Fsp3) is 0.158. The minimum absolute atomic E-state index is 0.308. The Bertz CT molecular complexity index is 668. The van der Waals surface area contributed by atoms with Crippen molar-refractivity contribution in [2.24, 2.45) is 11.5 Å². The van der Waals surface area contributed by atoms with Crippen molar-refractivity contribution in [3.63, 3.8) is 0 Å². The molecular weight excluding hydrogens is 284 g/mol. The van der Waals surface area contributed by atoms with E-state index in [1.165, 1.54) is 0 Å². The van der Waals surface area contributed by atoms with Crippen molar-refractivity contribution in [2.75, 3.05) is 18.4 Å². The van der Waals surface area contributed by atoms with E-state index in [0.717, 1.165) is 34.6 Å². The van der Waals surface area contributed by atoms with Crippen LogP contribution < -0.4 is 22.1 Å². The molecular formula is C19H24N4. The third-order valence-corrected chi connectivity index (χ3v) is 3.56. The smallest absolute Gasteiger partial charge is 0.0985 e. The zero-order chi connectivity index (χ0) is 16.7. The first kappa shape index (κ1) is 16.6. The molecule has 0 bridgehead atoms. The molecule has 0 fully saturated rings. The average Bonchev–Trinajstić information content (AvgIpc) is 2.56. The molecule has 0 saturated carbocycles. The van der Waals surface area contributed by atoms with Crippen molar-refractivity contribution in [3.8, 4) is 0 Å². The summed E-state index contributed by atoms with van der Waals surface area (Å²) < 4.78 is 0. The summed E-state index contributed by atoms with van der Waals surface area (Å²) in [5.41, 5.74) is 16.3. The Morgan fingerprint density at radius 3 is 2.13 bits per heavy atom. The molecule has 0 spiro atoms. The summed E-state index contributed by atoms with van der Waals surface area (Å²) in [4.78, 5) is 0. The van der Waals surface area contributed by atoms with Crippen molar-refractivity contribution in [1.82, 2.24) is 5.32 Å². The monoisotopic (exact) mass is 308 g/mol. The second-order valence-electron chi connectivity index (χ2n) is 5.26. The molecule has 0 heterocycles. The summed E-state index contributed by atoms with van der Waals surface area (Å²) in [5, 5.41) is 6.59. The van der Waals surface area contributed by atoms with E-state index in [1.807, 2.05) is 61.5 Å². The van der Waals surface area contributed by atoms with Gasteiger partial charge in [0.05, 0.1) is 5.82 Å². The zero-order valence-electron chi connectivity index (χ0n) is 13.5. The average molecular weight is 308 g/mol. The number of nitrogens with two attached hydrogens (primary N) is 2. The topological polar surface area (TPSA) is 76.1 Å². The molecule has 120 valence electrons. The SMILES string of the molecule is C=C(C(CNCC)=C(N)N)c1ccc(Nc2ccccc2)cc1. The Labute approximate surface area is 137 Å². The number of para-hydroxylation sites is 1. The molecule has 0 atom stereocenters. The van der Waals surface area contributed by atoms with Crippen LogP contribution in [0.4, 0.5) is 11.4 Å². The largest absolute Gasteiger partial charge is 0.385 e. The molecule has 0 amide bonds. The molecule has 2 aromatic carbocycles. The number of nitrogens with one attached hydrogen (secondary N) is 2. The summed E-state index contributed by atoms with van der Waals surface area (Å²) in [6.45, 7) is 7.64. The van der Waals surface area contributed by atoms with E-state index >= 15 is 0 Å². The van der Waals surface area contributed by atoms with Gasteiger partial charge in [0.25, 0.3) is 0 Å². The zero-order valence-corrected chi connectivity index (χ0v) is 13.5. The van der Waals surface area contributed by atoms with Crippen LogP contribution in [0, 0.1) is 0 Å². The summed E-state index contributed by atoms with van der Waals surface area (Å²) in [6, 6.07) is 18.1. The Balaban J connectivity index is 2.12. The molecule has 4 heteroatoms. The maximum absolute atomic E-state index is 5.79. The van der Waals surface area contributed by atoms with Gasteiger partial charge >= 0.3 is 0 Å². The fourth-order valence-electron chi connectivity index (χ4n) is 2.25. The van der Waals surface area contributed by atoms with Crippen LogP contribution in [-0.4, -0.2) is 13.1 Å². The Hall–Kier alpha value is -2.72. The summed E-state index contributed by atoms with van der Waals surface area (Å²) in [6.07, 6.45) is 0. The molecule has 0 radical (unpaired) electrons. The van der Waals surface area contributed by atoms with Crippen LogP contribution in [-0.2, 0) is 0 Å². The second kappa shape index (κ2) is 8.06. The maximum Gasteiger partial charge on any atom is 0.0985 e. The predicted octanol–water partition coefficient (Wildman–Crippen LogP) is 3.18. The highest BCUT2D eigenvalue weighted by Crippen LogP contribution is 2.24. The van der Waals surface area contributed by atoms with Gasteiger partial charge in [-0.05, 0) is 41.9 Å². The fourth-order valence-corrected chi connectivity index (χ4v) is 2.25. The Morgan fingerprint density at radius 2 is 1.57 bits per heavy atom. The van der Waals surface area contributed by atoms with Gasteiger partial charge in [-0.2, -0.15) is 0 Å². The standard InChI is InChI=1S/C19H24N4/c1-3-22-13-18(19(20)21)14(2)15-9-11-17(12-10-15)23-16-7-5-4-6-8-16/h4-12,22-23H,2-3,13,20-21H2,1H3. The van der Waals surface area contributed by atoms with Crippen LogP contribution in [0.3, 0.4) is 0 Å². The molecule has 23 heavy (non-hydrogen) atoms. The number of benzene rings is 2. The second-order valence-corrected chi connectivity index (χ2v) is 5.26. The Kier molecular flexibility index (Phi) is 5.83. The first-order valence-electron chi connectivity index (χ1n) is 7.68. The van der Waals surface area contributed by atoms with Gasteiger partial charge in [-0.25, -0.2) is 0 Å². The first-order chi connectivity index (χ1) is 11.1. The summed E-state index contributed by atoms with van der Waals surface area (Å²) in [7, 11) is 0. The normalized spacial score (nSPS) is 10.1. The maximum atomic E-state index is 5.79. The van der Waals surface area contributed by atoms with E-state index in [1.54, 1.807) is 0 Å². The highest BCUT2D eigenvalue weighted by atomic mass is 14.9. The quantitative estimate of drug-likeness (QED) is 0.593. The lowest BCUT2D eigenvalue weighted by atomic mass is 9.99. The molecule has 4 nitrogen and oxygen atoms in total. The predicted molar refractivity (Wildman–Crippen MR) is 99.1 cm³/mol. The van der Waals surface area contributed by atoms with Crippen LogP contribution in [0.5, 0.6) is 0 Å². The Morgan fingerprint density at radius 1 is 0.957 bits per heavy atom. The minimum atomic E-state index is 0.308. The summed E-state index contributed by atoms with van der Waals surface area (Å²) in [5.74, 6) is 0.308. The van der Waals surface area contributed by atoms with E-state index in [-0.39, 0.29) is 0 Å². The van der Waals surface area contributed by atoms with Crippen molar-refractivity contribution in [1.29, 1.82) is 0 Å². The third kappa shape index (κ3) is 4.63. The number of anilines is 2. The van der Waals surface area contributed by atoms with Crippen LogP contribution in [0.1, 0.15) is 12.5 Å². The van der Waals surface area contributed by atoms with E-state index in [4.69, 9.17) is 11.5 Å². The molecule has 6 N–H and O–H groups in total. The lowest BCUT2D eigenvalue weighted by Crippen LogP contribution is -2.23. The van der Waals surface area contributed by atoms with E-state index in [0.29, 0.717) is 12.4 Å². The van der Waals surface area contributed by atoms with Crippen LogP contribution in [0.25, 0.3) is 5.57 Å². The molecule has 0 saturated heterocycles. The highest BCUT2D eigenvalue weighted by molar-refractivity contribution is 5.79. The minimum Gasteiger partial charge on any atom is -0.385 e. The van der Waals surface area contributed by atoms with Crippen molar-refractivity contribution >= 4 is 16.9 Å². The van der Waals surface area contributed by atoms with E-state index in [2.05, 4.69) is 17.2 Å². The molecule has 2 rings (SSSR count). The van der Waals surface area contributed by atoms with Crippen LogP contribution >= 0.6 is 0 Å². The third-order valence-electron chi connectivity index (χ3n) is 3.56. The molecule has 0 aliphatic carbocycles. The molecule has 2 aromatic rings. The van der Waals surface area contributed by atoms with Crippen molar-refractivity contribution < 1.29 is 0 Å².